The number of carbonyl (C=O) groups is 1. The van der Waals surface area contributed by atoms with Crippen molar-refractivity contribution in [3.8, 4) is 0 Å². The first-order valence-electron chi connectivity index (χ1n) is 11.0. The van der Waals surface area contributed by atoms with Gasteiger partial charge in [0.15, 0.2) is 0 Å². The molecular weight excluding hydrogens is 376 g/mol. The lowest BCUT2D eigenvalue weighted by Gasteiger charge is -2.26. The van der Waals surface area contributed by atoms with E-state index in [9.17, 15) is 4.79 Å². The van der Waals surface area contributed by atoms with Crippen molar-refractivity contribution in [2.75, 3.05) is 11.5 Å². The van der Waals surface area contributed by atoms with Crippen molar-refractivity contribution in [3.05, 3.63) is 65.0 Å². The van der Waals surface area contributed by atoms with E-state index in [-0.39, 0.29) is 5.54 Å². The Labute approximate surface area is 178 Å². The molecule has 2 aliphatic rings. The summed E-state index contributed by atoms with van der Waals surface area (Å²) in [6, 6.07) is 11.4. The van der Waals surface area contributed by atoms with Crippen LogP contribution in [0.5, 0.6) is 0 Å². The van der Waals surface area contributed by atoms with Gasteiger partial charge < -0.3 is 10.5 Å². The molecule has 2 N–H and O–H groups in total. The molecule has 3 nitrogen and oxygen atoms in total. The average Bonchev–Trinajstić information content (AvgIpc) is 3.13. The number of thioether (sulfide) groups is 1. The first kappa shape index (κ1) is 20.6. The van der Waals surface area contributed by atoms with Crippen molar-refractivity contribution in [2.45, 2.75) is 62.8 Å². The van der Waals surface area contributed by atoms with Gasteiger partial charge in [0.25, 0.3) is 0 Å². The fourth-order valence-corrected chi connectivity index (χ4v) is 6.19. The second-order valence-electron chi connectivity index (χ2n) is 8.99. The van der Waals surface area contributed by atoms with Gasteiger partial charge in [0.2, 0.25) is 0 Å². The number of hydrogen-bond donors (Lipinski definition) is 1. The summed E-state index contributed by atoms with van der Waals surface area (Å²) in [4.78, 5) is 15.0. The minimum Gasteiger partial charge on any atom is -0.325 e. The number of aryl methyl sites for hydroxylation is 2. The maximum absolute atomic E-state index is 10.9. The van der Waals surface area contributed by atoms with Crippen molar-refractivity contribution >= 4 is 18.0 Å². The highest BCUT2D eigenvalue weighted by Gasteiger charge is 2.36. The summed E-state index contributed by atoms with van der Waals surface area (Å²) in [5, 5.41) is 0. The van der Waals surface area contributed by atoms with Crippen LogP contribution in [0.3, 0.4) is 0 Å². The van der Waals surface area contributed by atoms with Crippen molar-refractivity contribution in [2.24, 2.45) is 11.7 Å². The molecule has 0 radical (unpaired) electrons. The van der Waals surface area contributed by atoms with Gasteiger partial charge in [-0.1, -0.05) is 18.2 Å². The van der Waals surface area contributed by atoms with E-state index in [0.29, 0.717) is 12.3 Å². The number of rotatable bonds is 8. The minimum atomic E-state index is -0.277. The van der Waals surface area contributed by atoms with Crippen LogP contribution in [-0.4, -0.2) is 28.3 Å². The van der Waals surface area contributed by atoms with Crippen LogP contribution in [0.2, 0.25) is 0 Å². The Kier molecular flexibility index (Phi) is 6.71. The third-order valence-corrected chi connectivity index (χ3v) is 8.00. The first-order chi connectivity index (χ1) is 14.1. The normalized spacial score (nSPS) is 26.2. The van der Waals surface area contributed by atoms with Crippen LogP contribution in [0, 0.1) is 5.92 Å². The van der Waals surface area contributed by atoms with E-state index in [1.54, 1.807) is 11.1 Å². The molecule has 1 saturated carbocycles. The Morgan fingerprint density at radius 1 is 1.17 bits per heavy atom. The van der Waals surface area contributed by atoms with Gasteiger partial charge in [-0.25, -0.2) is 0 Å². The van der Waals surface area contributed by atoms with E-state index in [0.717, 1.165) is 37.9 Å². The number of nitrogens with two attached hydrogens (primary N) is 1. The maximum Gasteiger partial charge on any atom is 0.121 e. The second kappa shape index (κ2) is 9.44. The largest absolute Gasteiger partial charge is 0.325 e. The number of carbonyl (C=O) groups excluding carboxylic acids is 1. The van der Waals surface area contributed by atoms with E-state index in [4.69, 9.17) is 5.73 Å². The van der Waals surface area contributed by atoms with Gasteiger partial charge in [-0.3, -0.25) is 4.98 Å². The predicted octanol–water partition coefficient (Wildman–Crippen LogP) is 4.72. The molecule has 29 heavy (non-hydrogen) atoms. The average molecular weight is 409 g/mol. The van der Waals surface area contributed by atoms with Crippen LogP contribution in [0.25, 0.3) is 0 Å². The quantitative estimate of drug-likeness (QED) is 0.507. The standard InChI is InChI=1S/C25H32N2OS/c26-25(10-13-28)9-5-24(17-25)23-4-3-21-15-20(1-2-22(21)16-23)18-29-14-8-19-6-11-27-12-7-19/h3-4,6-7,11-13,16,20,24H,1-2,5,8-10,14-15,17-18,26H2/t20-,24+,25+/m1/s1. The molecule has 2 aliphatic carbocycles. The van der Waals surface area contributed by atoms with E-state index in [2.05, 4.69) is 47.1 Å². The molecule has 1 aromatic carbocycles. The van der Waals surface area contributed by atoms with Crippen molar-refractivity contribution in [1.29, 1.82) is 0 Å². The fourth-order valence-electron chi connectivity index (χ4n) is 5.03. The highest BCUT2D eigenvalue weighted by molar-refractivity contribution is 7.99. The van der Waals surface area contributed by atoms with Crippen molar-refractivity contribution < 1.29 is 4.79 Å². The summed E-state index contributed by atoms with van der Waals surface area (Å²) in [5.74, 6) is 3.77. The molecule has 4 rings (SSSR count). The fraction of sp³-hybridized carbons (Fsp3) is 0.520. The smallest absolute Gasteiger partial charge is 0.121 e. The molecule has 0 aliphatic heterocycles. The van der Waals surface area contributed by atoms with E-state index in [1.165, 1.54) is 41.9 Å². The molecule has 0 amide bonds. The third-order valence-electron chi connectivity index (χ3n) is 6.80. The molecule has 1 aromatic heterocycles. The van der Waals surface area contributed by atoms with E-state index in [1.807, 2.05) is 12.4 Å². The molecule has 3 atom stereocenters. The Balaban J connectivity index is 1.28. The second-order valence-corrected chi connectivity index (χ2v) is 10.1. The summed E-state index contributed by atoms with van der Waals surface area (Å²) in [6.07, 6.45) is 13.1. The monoisotopic (exact) mass is 408 g/mol. The zero-order valence-corrected chi connectivity index (χ0v) is 18.0. The predicted molar refractivity (Wildman–Crippen MR) is 121 cm³/mol. The summed E-state index contributed by atoms with van der Waals surface area (Å²) in [5.41, 5.74) is 12.0. The van der Waals surface area contributed by atoms with Gasteiger partial charge >= 0.3 is 0 Å². The molecule has 0 spiro atoms. The number of nitrogens with zero attached hydrogens (tertiary/aromatic N) is 1. The van der Waals surface area contributed by atoms with E-state index < -0.39 is 0 Å². The molecule has 0 saturated heterocycles. The lowest BCUT2D eigenvalue weighted by molar-refractivity contribution is -0.108. The summed E-state index contributed by atoms with van der Waals surface area (Å²) in [6.45, 7) is 0. The number of pyridine rings is 1. The van der Waals surface area contributed by atoms with Gasteiger partial charge in [0, 0.05) is 24.4 Å². The molecule has 4 heteroatoms. The number of aldehydes is 1. The third kappa shape index (κ3) is 5.29. The Morgan fingerprint density at radius 3 is 2.86 bits per heavy atom. The minimum absolute atomic E-state index is 0.277. The number of hydrogen-bond acceptors (Lipinski definition) is 4. The van der Waals surface area contributed by atoms with Gasteiger partial charge in [-0.05, 0) is 103 Å². The molecule has 1 heterocycles. The molecule has 154 valence electrons. The molecule has 0 unspecified atom stereocenters. The summed E-state index contributed by atoms with van der Waals surface area (Å²) in [7, 11) is 0. The Hall–Kier alpha value is -1.65. The number of aromatic nitrogens is 1. The highest BCUT2D eigenvalue weighted by atomic mass is 32.2. The molecular formula is C25H32N2OS. The Morgan fingerprint density at radius 2 is 2.03 bits per heavy atom. The molecule has 0 bridgehead atoms. The lowest BCUT2D eigenvalue weighted by Crippen LogP contribution is -2.37. The van der Waals surface area contributed by atoms with Gasteiger partial charge in [-0.2, -0.15) is 11.8 Å². The summed E-state index contributed by atoms with van der Waals surface area (Å²) >= 11 is 2.09. The van der Waals surface area contributed by atoms with Crippen LogP contribution in [0.4, 0.5) is 0 Å². The van der Waals surface area contributed by atoms with Crippen molar-refractivity contribution in [1.82, 2.24) is 4.98 Å². The zero-order chi connectivity index (χ0) is 20.1. The SMILES string of the molecule is N[C@]1(CC=O)CC[C@H](c2ccc3c(c2)CC[C@@H](CSCCc2ccncc2)C3)C1. The molecule has 1 fully saturated rings. The lowest BCUT2D eigenvalue weighted by atomic mass is 9.82. The topological polar surface area (TPSA) is 56.0 Å². The molecule has 2 aromatic rings. The van der Waals surface area contributed by atoms with Crippen LogP contribution in [0.1, 0.15) is 60.3 Å². The van der Waals surface area contributed by atoms with Crippen LogP contribution in [0.15, 0.2) is 42.7 Å². The maximum atomic E-state index is 10.9. The van der Waals surface area contributed by atoms with Crippen LogP contribution < -0.4 is 5.73 Å². The van der Waals surface area contributed by atoms with Crippen LogP contribution in [-0.2, 0) is 24.1 Å². The van der Waals surface area contributed by atoms with Gasteiger partial charge in [0.1, 0.15) is 6.29 Å². The van der Waals surface area contributed by atoms with Gasteiger partial charge in [0.05, 0.1) is 0 Å². The van der Waals surface area contributed by atoms with Crippen LogP contribution >= 0.6 is 11.8 Å². The first-order valence-corrected chi connectivity index (χ1v) is 12.1. The number of fused-ring (bicyclic) bond motifs is 1. The van der Waals surface area contributed by atoms with Gasteiger partial charge in [-0.15, -0.1) is 0 Å². The van der Waals surface area contributed by atoms with Crippen molar-refractivity contribution in [3.63, 3.8) is 0 Å². The zero-order valence-electron chi connectivity index (χ0n) is 17.2. The highest BCUT2D eigenvalue weighted by Crippen LogP contribution is 2.42. The Bertz CT molecular complexity index is 825. The summed E-state index contributed by atoms with van der Waals surface area (Å²) < 4.78 is 0. The number of benzene rings is 1. The van der Waals surface area contributed by atoms with E-state index >= 15 is 0 Å².